The number of benzene rings is 1. The lowest BCUT2D eigenvalue weighted by Gasteiger charge is -2.45. The number of hydrogen-bond acceptors (Lipinski definition) is 7. The number of anilines is 2. The normalized spacial score (nSPS) is 20.8. The van der Waals surface area contributed by atoms with E-state index in [9.17, 15) is 13.2 Å². The summed E-state index contributed by atoms with van der Waals surface area (Å²) in [7, 11) is 3.93. The van der Waals surface area contributed by atoms with Crippen LogP contribution in [0.15, 0.2) is 30.5 Å². The minimum absolute atomic E-state index is 0.207. The van der Waals surface area contributed by atoms with E-state index in [1.807, 2.05) is 38.2 Å². The molecule has 0 unspecified atom stereocenters. The molecule has 36 heavy (non-hydrogen) atoms. The smallest absolute Gasteiger partial charge is 0.374 e. The molecule has 3 atom stereocenters. The number of aromatic nitrogens is 3. The third kappa shape index (κ3) is 4.71. The van der Waals surface area contributed by atoms with Crippen molar-refractivity contribution in [3.63, 3.8) is 0 Å². The molecule has 0 radical (unpaired) electrons. The predicted octanol–water partition coefficient (Wildman–Crippen LogP) is 4.95. The van der Waals surface area contributed by atoms with Crippen LogP contribution in [0.5, 0.6) is 0 Å². The summed E-state index contributed by atoms with van der Waals surface area (Å²) in [4.78, 5) is 9.09. The largest absolute Gasteiger partial charge is 0.416 e. The lowest BCUT2D eigenvalue weighted by Crippen LogP contribution is -2.54. The van der Waals surface area contributed by atoms with Gasteiger partial charge in [0.05, 0.1) is 36.1 Å². The molecule has 7 nitrogen and oxygen atoms in total. The van der Waals surface area contributed by atoms with Crippen molar-refractivity contribution in [3.05, 3.63) is 52.8 Å². The average molecular weight is 501 g/mol. The Morgan fingerprint density at radius 1 is 1.19 bits per heavy atom. The highest BCUT2D eigenvalue weighted by molar-refractivity contribution is 5.94. The van der Waals surface area contributed by atoms with Crippen LogP contribution in [0.4, 0.5) is 24.8 Å². The Morgan fingerprint density at radius 2 is 2.00 bits per heavy atom. The Balaban J connectivity index is 1.54. The molecule has 3 aliphatic heterocycles. The number of fused-ring (bicyclic) bond motifs is 4. The summed E-state index contributed by atoms with van der Waals surface area (Å²) in [6, 6.07) is 6.18. The number of pyridine rings is 1. The summed E-state index contributed by atoms with van der Waals surface area (Å²) in [5, 5.41) is 14.0. The van der Waals surface area contributed by atoms with Gasteiger partial charge in [-0.25, -0.2) is 4.98 Å². The lowest BCUT2D eigenvalue weighted by atomic mass is 9.96. The number of ether oxygens (including phenoxy) is 1. The predicted molar refractivity (Wildman–Crippen MR) is 133 cm³/mol. The molecule has 2 aromatic heterocycles. The first-order valence-electron chi connectivity index (χ1n) is 12.2. The van der Waals surface area contributed by atoms with E-state index in [1.165, 1.54) is 13.0 Å². The second-order valence-electron chi connectivity index (χ2n) is 10.0. The molecular formula is C26H31F3N6O. The molecular weight excluding hydrogens is 469 g/mol. The number of hydrogen-bond donors (Lipinski definition) is 1. The number of alkyl halides is 3. The van der Waals surface area contributed by atoms with Gasteiger partial charge in [-0.05, 0) is 64.0 Å². The standard InChI is InChI=1S/C26H31F3N6O/c1-15-19(6-5-7-22(15)26(27,28)29)16(2)31-25-20-10-24(35-12-18-9-8-17(35)14-36-18)30-11-21(20)23(32-33-25)13-34(3)4/h5-7,10-11,16-18H,8-9,12-14H2,1-4H3,(H,31,33)/t16-,17-,18-/m1/s1. The lowest BCUT2D eigenvalue weighted by molar-refractivity contribution is -0.138. The number of piperidine rings is 1. The van der Waals surface area contributed by atoms with E-state index in [-0.39, 0.29) is 11.7 Å². The van der Waals surface area contributed by atoms with Crippen molar-refractivity contribution in [2.24, 2.45) is 0 Å². The molecule has 3 aromatic rings. The van der Waals surface area contributed by atoms with Gasteiger partial charge in [0, 0.05) is 30.1 Å². The SMILES string of the molecule is Cc1c([C@@H](C)Nc2nnc(CN(C)C)c3cnc(N4C[C@H]5CC[C@@H]4CO5)cc23)cccc1C(F)(F)F. The molecule has 3 fully saturated rings. The highest BCUT2D eigenvalue weighted by Gasteiger charge is 2.36. The summed E-state index contributed by atoms with van der Waals surface area (Å²) in [6.45, 7) is 5.44. The Bertz CT molecular complexity index is 1260. The zero-order valence-corrected chi connectivity index (χ0v) is 20.9. The Labute approximate surface area is 208 Å². The van der Waals surface area contributed by atoms with Gasteiger partial charge in [0.2, 0.25) is 0 Å². The summed E-state index contributed by atoms with van der Waals surface area (Å²) < 4.78 is 46.3. The Kier molecular flexibility index (Phi) is 6.50. The van der Waals surface area contributed by atoms with Crippen LogP contribution in [0.1, 0.15) is 48.2 Å². The van der Waals surface area contributed by atoms with Crippen LogP contribution < -0.4 is 10.2 Å². The average Bonchev–Trinajstić information content (AvgIpc) is 2.85. The van der Waals surface area contributed by atoms with Crippen LogP contribution in [0.25, 0.3) is 10.8 Å². The fraction of sp³-hybridized carbons (Fsp3) is 0.500. The summed E-state index contributed by atoms with van der Waals surface area (Å²) >= 11 is 0. The van der Waals surface area contributed by atoms with Gasteiger partial charge in [0.15, 0.2) is 5.82 Å². The van der Waals surface area contributed by atoms with Crippen molar-refractivity contribution in [2.75, 3.05) is 37.5 Å². The number of rotatable bonds is 6. The second kappa shape index (κ2) is 9.48. The molecule has 6 rings (SSSR count). The fourth-order valence-electron chi connectivity index (χ4n) is 5.31. The highest BCUT2D eigenvalue weighted by atomic mass is 19.4. The minimum atomic E-state index is -4.40. The number of nitrogens with zero attached hydrogens (tertiary/aromatic N) is 5. The quantitative estimate of drug-likeness (QED) is 0.514. The summed E-state index contributed by atoms with van der Waals surface area (Å²) in [5.74, 6) is 1.38. The van der Waals surface area contributed by atoms with Gasteiger partial charge < -0.3 is 19.9 Å². The zero-order valence-electron chi connectivity index (χ0n) is 20.9. The van der Waals surface area contributed by atoms with Crippen LogP contribution >= 0.6 is 0 Å². The van der Waals surface area contributed by atoms with Gasteiger partial charge in [0.25, 0.3) is 0 Å². The van der Waals surface area contributed by atoms with Crippen molar-refractivity contribution in [3.8, 4) is 0 Å². The van der Waals surface area contributed by atoms with Gasteiger partial charge in [-0.15, -0.1) is 5.10 Å². The Hall–Kier alpha value is -2.98. The van der Waals surface area contributed by atoms with Gasteiger partial charge >= 0.3 is 6.18 Å². The number of halogens is 3. The van der Waals surface area contributed by atoms with E-state index in [4.69, 9.17) is 9.72 Å². The molecule has 0 aliphatic carbocycles. The summed E-state index contributed by atoms with van der Waals surface area (Å²) in [5.41, 5.74) is 0.945. The van der Waals surface area contributed by atoms with Crippen LogP contribution in [-0.2, 0) is 17.5 Å². The van der Waals surface area contributed by atoms with Crippen molar-refractivity contribution < 1.29 is 17.9 Å². The van der Waals surface area contributed by atoms with E-state index in [0.29, 0.717) is 30.6 Å². The third-order valence-electron chi connectivity index (χ3n) is 7.17. The first-order chi connectivity index (χ1) is 17.1. The van der Waals surface area contributed by atoms with Gasteiger partial charge in [0.1, 0.15) is 5.82 Å². The van der Waals surface area contributed by atoms with Crippen molar-refractivity contribution in [1.82, 2.24) is 20.1 Å². The minimum Gasteiger partial charge on any atom is -0.374 e. The first kappa shape index (κ1) is 24.7. The fourth-order valence-corrected chi connectivity index (χ4v) is 5.31. The molecule has 0 saturated carbocycles. The van der Waals surface area contributed by atoms with Crippen LogP contribution in [0.2, 0.25) is 0 Å². The third-order valence-corrected chi connectivity index (χ3v) is 7.17. The van der Waals surface area contributed by atoms with E-state index in [1.54, 1.807) is 6.07 Å². The van der Waals surface area contributed by atoms with E-state index < -0.39 is 17.8 Å². The van der Waals surface area contributed by atoms with E-state index in [0.717, 1.165) is 47.7 Å². The molecule has 1 aromatic carbocycles. The van der Waals surface area contributed by atoms with Crippen LogP contribution in [0, 0.1) is 6.92 Å². The van der Waals surface area contributed by atoms with Crippen molar-refractivity contribution >= 4 is 22.4 Å². The molecule has 5 heterocycles. The maximum Gasteiger partial charge on any atom is 0.416 e. The highest BCUT2D eigenvalue weighted by Crippen LogP contribution is 2.37. The summed E-state index contributed by atoms with van der Waals surface area (Å²) in [6.07, 6.45) is -0.213. The van der Waals surface area contributed by atoms with Crippen molar-refractivity contribution in [1.29, 1.82) is 0 Å². The molecule has 1 N–H and O–H groups in total. The maximum atomic E-state index is 13.5. The maximum absolute atomic E-state index is 13.5. The molecule has 2 bridgehead atoms. The molecule has 0 spiro atoms. The van der Waals surface area contributed by atoms with Gasteiger partial charge in [-0.1, -0.05) is 12.1 Å². The molecule has 3 saturated heterocycles. The van der Waals surface area contributed by atoms with Crippen LogP contribution in [0.3, 0.4) is 0 Å². The molecule has 3 aliphatic rings. The first-order valence-corrected chi connectivity index (χ1v) is 12.2. The molecule has 192 valence electrons. The number of nitrogens with one attached hydrogen (secondary N) is 1. The van der Waals surface area contributed by atoms with Gasteiger partial charge in [-0.2, -0.15) is 18.3 Å². The van der Waals surface area contributed by atoms with E-state index in [2.05, 4.69) is 20.4 Å². The Morgan fingerprint density at radius 3 is 2.64 bits per heavy atom. The molecule has 0 amide bonds. The monoisotopic (exact) mass is 500 g/mol. The van der Waals surface area contributed by atoms with Gasteiger partial charge in [-0.3, -0.25) is 0 Å². The number of morpholine rings is 1. The van der Waals surface area contributed by atoms with E-state index >= 15 is 0 Å². The second-order valence-corrected chi connectivity index (χ2v) is 10.0. The zero-order chi connectivity index (χ0) is 25.6. The molecule has 10 heteroatoms. The van der Waals surface area contributed by atoms with Crippen molar-refractivity contribution in [2.45, 2.75) is 57.6 Å². The van der Waals surface area contributed by atoms with Crippen LogP contribution in [-0.4, -0.2) is 59.5 Å². The topological polar surface area (TPSA) is 66.4 Å².